The number of unbranched alkanes of at least 4 members (excludes halogenated alkanes) is 2. The third kappa shape index (κ3) is 31.6. The topological polar surface area (TPSA) is 565 Å². The summed E-state index contributed by atoms with van der Waals surface area (Å²) in [5, 5.41) is 84.4. The van der Waals surface area contributed by atoms with Crippen LogP contribution in [0.25, 0.3) is 11.5 Å². The number of aliphatic hydroxyl groups is 6. The second kappa shape index (κ2) is 46.7. The van der Waals surface area contributed by atoms with E-state index in [1.807, 2.05) is 0 Å². The Labute approximate surface area is 647 Å². The van der Waals surface area contributed by atoms with E-state index in [1.165, 1.54) is 21.7 Å². The molecule has 5 saturated heterocycles. The number of ether oxygens (including phenoxy) is 9. The van der Waals surface area contributed by atoms with Crippen LogP contribution in [0.3, 0.4) is 0 Å². The molecule has 37 nitrogen and oxygen atoms in total. The molecule has 6 rings (SSSR count). The van der Waals surface area contributed by atoms with Gasteiger partial charge in [0.15, 0.2) is 6.29 Å². The van der Waals surface area contributed by atoms with Gasteiger partial charge >= 0.3 is 148 Å². The van der Waals surface area contributed by atoms with Gasteiger partial charge in [-0.25, -0.2) is 21.5 Å². The van der Waals surface area contributed by atoms with Gasteiger partial charge in [-0.05, 0) is 37.9 Å². The molecular formula is C49H75N8Na5O29S2-2. The molecular weight excluding hydrogens is 1340 g/mol. The van der Waals surface area contributed by atoms with Crippen molar-refractivity contribution in [1.29, 1.82) is 0 Å². The number of likely N-dealkylation sites (tertiary alicyclic amines) is 1. The number of aliphatic hydroxyl groups excluding tert-OH is 6. The number of nitrogens with one attached hydrogen (secondary N) is 3. The Hall–Kier alpha value is 0.230. The van der Waals surface area contributed by atoms with Gasteiger partial charge < -0.3 is 128 Å². The Balaban J connectivity index is 0. The van der Waals surface area contributed by atoms with Crippen molar-refractivity contribution in [2.24, 2.45) is 11.8 Å². The normalized spacial score (nSPS) is 30.5. The molecule has 504 valence electrons. The van der Waals surface area contributed by atoms with Crippen LogP contribution >= 0.6 is 0 Å². The van der Waals surface area contributed by atoms with Crippen molar-refractivity contribution in [3.63, 3.8) is 0 Å². The van der Waals surface area contributed by atoms with Crippen molar-refractivity contribution in [2.75, 3.05) is 59.3 Å². The molecule has 6 heterocycles. The number of fused-ring (bicyclic) bond motifs is 1. The Morgan fingerprint density at radius 1 is 0.677 bits per heavy atom. The van der Waals surface area contributed by atoms with Crippen LogP contribution < -0.4 is 158 Å². The molecule has 0 spiro atoms. The van der Waals surface area contributed by atoms with Crippen LogP contribution in [-0.4, -0.2) is 284 Å². The van der Waals surface area contributed by atoms with E-state index in [4.69, 9.17) is 89.1 Å². The maximum atomic E-state index is 13.7. The summed E-state index contributed by atoms with van der Waals surface area (Å²) in [5.41, 5.74) is 16.5. The molecule has 5 aliphatic heterocycles. The van der Waals surface area contributed by atoms with E-state index in [0.717, 1.165) is 0 Å². The predicted molar refractivity (Wildman–Crippen MR) is 286 cm³/mol. The summed E-state index contributed by atoms with van der Waals surface area (Å²) in [6, 6.07) is -2.83. The molecule has 0 aliphatic carbocycles. The number of carbonyl (C=O) groups excluding carboxylic acids is 5. The first-order valence-corrected chi connectivity index (χ1v) is 29.9. The molecule has 0 saturated carbocycles. The largest absolute Gasteiger partial charge is 1.00 e. The van der Waals surface area contributed by atoms with E-state index in [2.05, 4.69) is 42.6 Å². The van der Waals surface area contributed by atoms with Crippen molar-refractivity contribution in [3.05, 3.63) is 62.5 Å². The molecule has 4 amide bonds. The van der Waals surface area contributed by atoms with E-state index in [1.54, 1.807) is 11.1 Å². The molecule has 5 aliphatic rings. The number of hydrogen-bond acceptors (Lipinski definition) is 29. The minimum absolute atomic E-state index is 0. The summed E-state index contributed by atoms with van der Waals surface area (Å²) < 4.78 is 116. The summed E-state index contributed by atoms with van der Waals surface area (Å²) in [4.78, 5) is 67.8. The fraction of sp³-hybridized carbons (Fsp3) is 0.735. The van der Waals surface area contributed by atoms with Gasteiger partial charge in [0.1, 0.15) is 42.7 Å². The minimum Gasteiger partial charge on any atom is -0.726 e. The minimum atomic E-state index is -4.92. The van der Waals surface area contributed by atoms with Crippen LogP contribution in [0.1, 0.15) is 44.2 Å². The summed E-state index contributed by atoms with van der Waals surface area (Å²) in [6.07, 6.45) is -15.0. The van der Waals surface area contributed by atoms with Crippen molar-refractivity contribution in [2.45, 2.75) is 156 Å². The molecule has 11 N–H and O–H groups in total. The van der Waals surface area contributed by atoms with Crippen LogP contribution in [0.5, 0.6) is 0 Å². The number of carboxylic acids is 1. The molecule has 0 radical (unpaired) electrons. The zero-order valence-corrected chi connectivity index (χ0v) is 63.9. The summed E-state index contributed by atoms with van der Waals surface area (Å²) >= 11 is 0. The second-order valence-electron chi connectivity index (χ2n) is 20.2. The van der Waals surface area contributed by atoms with Crippen molar-refractivity contribution in [3.8, 4) is 0 Å². The fourth-order valence-electron chi connectivity index (χ4n) is 9.47. The summed E-state index contributed by atoms with van der Waals surface area (Å²) in [7, 11) is -9.83. The van der Waals surface area contributed by atoms with Crippen molar-refractivity contribution in [1.82, 2.24) is 30.1 Å². The molecule has 0 aromatic carbocycles. The number of aromatic nitrogens is 3. The zero-order chi connectivity index (χ0) is 65.8. The first-order chi connectivity index (χ1) is 41.3. The summed E-state index contributed by atoms with van der Waals surface area (Å²) in [5.74, 6) is -4.53. The fourth-order valence-corrected chi connectivity index (χ4v) is 9.47. The van der Waals surface area contributed by atoms with Crippen molar-refractivity contribution >= 4 is 50.4 Å². The Kier molecular flexibility index (Phi) is 47.8. The number of imide groups is 1. The monoisotopic (exact) mass is 1420 g/mol. The SMILES string of the molecule is C=C[C@@H]1O[C@H](C=C)[C@@H]2C(=O)N(CCCCCN(Cc3cn(CCOCCO[C@@H]4OC(C(=O)[O-])[C@@H](O[C@H]5OC([CH2-])[C@@H](O)[C@H](O)C5[NH-])[C@H](O)C4O)nn3)C(=O)CCC(=O)NCCOCCCO[C@H]3OC([CH2-])[C@@H](O)[C@H](O)C3[NH-])C(=O)[C@@H]21.O=S(=O)([O-])O.O=S(=O)([O-])O.[Na+].[Na+].[Na+].[Na+].[Na+]. The average Bonchev–Trinajstić information content (AvgIpc) is 1.63. The number of aliphatic carboxylic acids is 1. The third-order valence-electron chi connectivity index (χ3n) is 13.9. The van der Waals surface area contributed by atoms with E-state index < -0.39 is 143 Å². The maximum absolute atomic E-state index is 13.7. The first-order valence-electron chi connectivity index (χ1n) is 27.2. The third-order valence-corrected chi connectivity index (χ3v) is 13.9. The van der Waals surface area contributed by atoms with Crippen LogP contribution in [0.15, 0.2) is 31.5 Å². The Morgan fingerprint density at radius 3 is 1.75 bits per heavy atom. The van der Waals surface area contributed by atoms with Crippen LogP contribution in [0.4, 0.5) is 0 Å². The number of carbonyl (C=O) groups is 5. The van der Waals surface area contributed by atoms with Gasteiger partial charge in [-0.2, -0.15) is 0 Å². The molecule has 1 aromatic rings. The van der Waals surface area contributed by atoms with Gasteiger partial charge in [0.2, 0.25) is 44.4 Å². The van der Waals surface area contributed by atoms with Crippen molar-refractivity contribution < 1.29 is 285 Å². The van der Waals surface area contributed by atoms with E-state index in [9.17, 15) is 59.7 Å². The molecule has 6 unspecified atom stereocenters. The number of carboxylic acid groups (broad SMARTS) is 1. The van der Waals surface area contributed by atoms with Crippen LogP contribution in [0.2, 0.25) is 0 Å². The smallest absolute Gasteiger partial charge is 0.726 e. The standard InChI is InChI=1S/C49H74N8O21.5Na.2H2O4S/c1-5-28-32-33(29(6-2)76-28)45(67)57(44(32)66)15-9-7-8-14-55(31(59)12-11-30(58)52-13-19-70-17-10-18-72-47-34(50)38(62)36(60)25(3)74-47)23-27-24-56(54-53-27)16-20-71-21-22-73-49-41(65)40(64)42(43(78-49)46(68)69)77-48-35(51)39(63)37(61)26(4)75-48;;;;;;2*1-5(2,3)4/h5-6,24-26,28-29,32-43,47-51,60-65H,1-4,7-23H2,(H,52,58)(H,68,69);;;;;;2*(H2,1,2,3,4)/q-4;5*+1;;/p-3/t25?,26?,28-,29+,32+,33-,34?,35?,36-,37-,38-,39-,40-,41?,42+,43?,47+,48-,49-;;;;;;;/m1......./s1. The van der Waals surface area contributed by atoms with Gasteiger partial charge in [0, 0.05) is 39.1 Å². The average molecular weight is 1420 g/mol. The number of amides is 4. The predicted octanol–water partition coefficient (Wildman–Crippen LogP) is -21.1. The molecule has 44 heteroatoms. The van der Waals surface area contributed by atoms with E-state index in [0.29, 0.717) is 31.4 Å². The van der Waals surface area contributed by atoms with Gasteiger partial charge in [0.05, 0.1) is 107 Å². The van der Waals surface area contributed by atoms with Crippen LogP contribution in [-0.2, 0) is 100 Å². The molecule has 93 heavy (non-hydrogen) atoms. The van der Waals surface area contributed by atoms with Crippen LogP contribution in [0, 0.1) is 25.7 Å². The zero-order valence-electron chi connectivity index (χ0n) is 52.3. The maximum Gasteiger partial charge on any atom is 1.00 e. The van der Waals surface area contributed by atoms with E-state index >= 15 is 0 Å². The van der Waals surface area contributed by atoms with Gasteiger partial charge in [-0.3, -0.25) is 33.2 Å². The number of nitrogens with zero attached hydrogens (tertiary/aromatic N) is 5. The van der Waals surface area contributed by atoms with Gasteiger partial charge in [-0.1, -0.05) is 29.4 Å². The number of rotatable bonds is 31. The number of hydrogen-bond donors (Lipinski definition) is 9. The molecule has 0 bridgehead atoms. The van der Waals surface area contributed by atoms with E-state index in [-0.39, 0.29) is 257 Å². The first kappa shape index (κ1) is 95.3. The molecule has 19 atom stereocenters. The van der Waals surface area contributed by atoms with Gasteiger partial charge in [-0.15, -0.1) is 18.3 Å². The molecule has 5 fully saturated rings. The molecule has 1 aromatic heterocycles. The van der Waals surface area contributed by atoms with Gasteiger partial charge in [0.25, 0.3) is 0 Å². The Bertz CT molecular complexity index is 2600. The second-order valence-corrected chi connectivity index (χ2v) is 21.9. The Morgan fingerprint density at radius 2 is 1.20 bits per heavy atom. The summed E-state index contributed by atoms with van der Waals surface area (Å²) in [6.45, 7) is 15.7. The quantitative estimate of drug-likeness (QED) is 0.00634.